The highest BCUT2D eigenvalue weighted by atomic mass is 32.1. The zero-order chi connectivity index (χ0) is 15.7. The Balaban J connectivity index is 2.28. The van der Waals surface area contributed by atoms with E-state index in [0.717, 1.165) is 31.6 Å². The van der Waals surface area contributed by atoms with Crippen LogP contribution in [0.3, 0.4) is 0 Å². The van der Waals surface area contributed by atoms with Gasteiger partial charge in [-0.1, -0.05) is 0 Å². The number of methoxy groups -OCH3 is 2. The molecule has 3 rings (SSSR count). The van der Waals surface area contributed by atoms with Gasteiger partial charge in [0.15, 0.2) is 5.75 Å². The SMILES string of the molecule is COc1c2cccnc2c(OC)c2sc(CNC(=O)O)cc12. The molecular weight excluding hydrogens is 304 g/mol. The number of hydrogen-bond donors (Lipinski definition) is 2. The molecule has 114 valence electrons. The van der Waals surface area contributed by atoms with Gasteiger partial charge in [-0.15, -0.1) is 11.3 Å². The Morgan fingerprint density at radius 1 is 1.32 bits per heavy atom. The van der Waals surface area contributed by atoms with E-state index in [4.69, 9.17) is 14.6 Å². The van der Waals surface area contributed by atoms with E-state index in [2.05, 4.69) is 10.3 Å². The molecule has 2 heterocycles. The highest BCUT2D eigenvalue weighted by Crippen LogP contribution is 2.45. The lowest BCUT2D eigenvalue weighted by molar-refractivity contribution is 0.194. The van der Waals surface area contributed by atoms with Crippen LogP contribution in [0.1, 0.15) is 4.88 Å². The first-order chi connectivity index (χ1) is 10.7. The maximum atomic E-state index is 10.7. The predicted molar refractivity (Wildman–Crippen MR) is 85.1 cm³/mol. The van der Waals surface area contributed by atoms with E-state index in [1.807, 2.05) is 18.2 Å². The van der Waals surface area contributed by atoms with Crippen LogP contribution in [-0.4, -0.2) is 30.4 Å². The number of fused-ring (bicyclic) bond motifs is 2. The summed E-state index contributed by atoms with van der Waals surface area (Å²) in [6, 6.07) is 5.69. The molecule has 3 aromatic rings. The second-order valence-corrected chi connectivity index (χ2v) is 5.72. The van der Waals surface area contributed by atoms with Gasteiger partial charge in [-0.3, -0.25) is 4.98 Å². The van der Waals surface area contributed by atoms with E-state index in [0.29, 0.717) is 5.75 Å². The molecule has 2 aromatic heterocycles. The Bertz CT molecular complexity index is 799. The lowest BCUT2D eigenvalue weighted by atomic mass is 10.1. The van der Waals surface area contributed by atoms with Crippen LogP contribution in [0.15, 0.2) is 24.4 Å². The van der Waals surface area contributed by atoms with Gasteiger partial charge in [0.25, 0.3) is 0 Å². The number of carbonyl (C=O) groups is 1. The first-order valence-corrected chi connectivity index (χ1v) is 7.35. The minimum atomic E-state index is -1.05. The highest BCUT2D eigenvalue weighted by Gasteiger charge is 2.18. The number of carboxylic acid groups (broad SMARTS) is 1. The van der Waals surface area contributed by atoms with E-state index in [-0.39, 0.29) is 6.54 Å². The van der Waals surface area contributed by atoms with Crippen molar-refractivity contribution in [2.45, 2.75) is 6.54 Å². The summed E-state index contributed by atoms with van der Waals surface area (Å²) in [4.78, 5) is 15.9. The number of thiophene rings is 1. The number of benzene rings is 1. The van der Waals surface area contributed by atoms with Crippen molar-refractivity contribution in [1.29, 1.82) is 0 Å². The fourth-order valence-electron chi connectivity index (χ4n) is 2.46. The van der Waals surface area contributed by atoms with Crippen molar-refractivity contribution in [3.05, 3.63) is 29.3 Å². The summed E-state index contributed by atoms with van der Waals surface area (Å²) < 4.78 is 12.0. The molecule has 0 bridgehead atoms. The molecule has 0 atom stereocenters. The summed E-state index contributed by atoms with van der Waals surface area (Å²) in [5, 5.41) is 12.9. The van der Waals surface area contributed by atoms with Crippen molar-refractivity contribution in [2.24, 2.45) is 0 Å². The molecule has 0 unspecified atom stereocenters. The smallest absolute Gasteiger partial charge is 0.404 e. The van der Waals surface area contributed by atoms with Gasteiger partial charge in [-0.2, -0.15) is 0 Å². The fraction of sp³-hybridized carbons (Fsp3) is 0.200. The van der Waals surface area contributed by atoms with Gasteiger partial charge in [-0.25, -0.2) is 4.79 Å². The second kappa shape index (κ2) is 5.69. The number of amides is 1. The van der Waals surface area contributed by atoms with Crippen LogP contribution >= 0.6 is 11.3 Å². The molecule has 6 nitrogen and oxygen atoms in total. The molecular formula is C15H14N2O4S. The van der Waals surface area contributed by atoms with Gasteiger partial charge in [0.1, 0.15) is 11.3 Å². The molecule has 0 saturated heterocycles. The van der Waals surface area contributed by atoms with Gasteiger partial charge in [0, 0.05) is 21.8 Å². The summed E-state index contributed by atoms with van der Waals surface area (Å²) in [5.41, 5.74) is 0.731. The summed E-state index contributed by atoms with van der Waals surface area (Å²) >= 11 is 1.46. The molecule has 0 spiro atoms. The third-order valence-electron chi connectivity index (χ3n) is 3.32. The molecule has 1 aromatic carbocycles. The highest BCUT2D eigenvalue weighted by molar-refractivity contribution is 7.19. The molecule has 0 aliphatic heterocycles. The number of nitrogens with zero attached hydrogens (tertiary/aromatic N) is 1. The largest absolute Gasteiger partial charge is 0.495 e. The van der Waals surface area contributed by atoms with E-state index in [1.54, 1.807) is 20.4 Å². The Morgan fingerprint density at radius 2 is 2.09 bits per heavy atom. The normalized spacial score (nSPS) is 10.8. The maximum absolute atomic E-state index is 10.7. The zero-order valence-electron chi connectivity index (χ0n) is 12.0. The summed E-state index contributed by atoms with van der Waals surface area (Å²) in [7, 11) is 3.21. The van der Waals surface area contributed by atoms with Crippen molar-refractivity contribution in [3.8, 4) is 11.5 Å². The molecule has 0 saturated carbocycles. The van der Waals surface area contributed by atoms with Crippen molar-refractivity contribution >= 4 is 38.4 Å². The third kappa shape index (κ3) is 2.29. The van der Waals surface area contributed by atoms with Crippen molar-refractivity contribution in [1.82, 2.24) is 10.3 Å². The lowest BCUT2D eigenvalue weighted by Crippen LogP contribution is -2.19. The number of ether oxygens (including phenoxy) is 2. The van der Waals surface area contributed by atoms with Crippen molar-refractivity contribution in [2.75, 3.05) is 14.2 Å². The van der Waals surface area contributed by atoms with Crippen LogP contribution in [-0.2, 0) is 6.54 Å². The van der Waals surface area contributed by atoms with Gasteiger partial charge in [-0.05, 0) is 18.2 Å². The molecule has 7 heteroatoms. The van der Waals surface area contributed by atoms with Crippen LogP contribution in [0.4, 0.5) is 4.79 Å². The molecule has 0 radical (unpaired) electrons. The Labute approximate surface area is 130 Å². The van der Waals surface area contributed by atoms with E-state index in [9.17, 15) is 4.79 Å². The van der Waals surface area contributed by atoms with Gasteiger partial charge < -0.3 is 19.9 Å². The number of hydrogen-bond acceptors (Lipinski definition) is 5. The minimum Gasteiger partial charge on any atom is -0.495 e. The van der Waals surface area contributed by atoms with Crippen LogP contribution in [0, 0.1) is 0 Å². The Kier molecular flexibility index (Phi) is 3.72. The third-order valence-corrected chi connectivity index (χ3v) is 4.46. The van der Waals surface area contributed by atoms with Crippen LogP contribution < -0.4 is 14.8 Å². The molecule has 0 aliphatic rings. The topological polar surface area (TPSA) is 80.7 Å². The molecule has 0 fully saturated rings. The van der Waals surface area contributed by atoms with Gasteiger partial charge in [0.2, 0.25) is 0 Å². The van der Waals surface area contributed by atoms with Gasteiger partial charge in [0.05, 0.1) is 25.5 Å². The van der Waals surface area contributed by atoms with E-state index in [1.165, 1.54) is 11.3 Å². The zero-order valence-corrected chi connectivity index (χ0v) is 12.9. The standard InChI is InChI=1S/C15H14N2O4S/c1-20-12-9-4-3-5-16-11(9)13(21-2)14-10(12)6-8(22-14)7-17-15(18)19/h3-6,17H,7H2,1-2H3,(H,18,19). The van der Waals surface area contributed by atoms with Crippen LogP contribution in [0.2, 0.25) is 0 Å². The molecule has 2 N–H and O–H groups in total. The van der Waals surface area contributed by atoms with Crippen molar-refractivity contribution < 1.29 is 19.4 Å². The van der Waals surface area contributed by atoms with Crippen molar-refractivity contribution in [3.63, 3.8) is 0 Å². The average Bonchev–Trinajstić information content (AvgIpc) is 2.94. The Hall–Kier alpha value is -2.54. The minimum absolute atomic E-state index is 0.241. The first kappa shape index (κ1) is 14.4. The number of rotatable bonds is 4. The van der Waals surface area contributed by atoms with Gasteiger partial charge >= 0.3 is 6.09 Å². The Morgan fingerprint density at radius 3 is 2.77 bits per heavy atom. The first-order valence-electron chi connectivity index (χ1n) is 6.53. The molecule has 0 aliphatic carbocycles. The number of pyridine rings is 1. The molecule has 22 heavy (non-hydrogen) atoms. The number of nitrogens with one attached hydrogen (secondary N) is 1. The number of aromatic nitrogens is 1. The second-order valence-electron chi connectivity index (χ2n) is 4.58. The van der Waals surface area contributed by atoms with E-state index < -0.39 is 6.09 Å². The van der Waals surface area contributed by atoms with Crippen LogP contribution in [0.5, 0.6) is 11.5 Å². The van der Waals surface area contributed by atoms with Crippen LogP contribution in [0.25, 0.3) is 21.0 Å². The maximum Gasteiger partial charge on any atom is 0.404 e. The average molecular weight is 318 g/mol. The quantitative estimate of drug-likeness (QED) is 0.772. The monoisotopic (exact) mass is 318 g/mol. The summed E-state index contributed by atoms with van der Waals surface area (Å²) in [5.74, 6) is 1.40. The summed E-state index contributed by atoms with van der Waals surface area (Å²) in [6.07, 6.45) is 0.652. The van der Waals surface area contributed by atoms with E-state index >= 15 is 0 Å². The summed E-state index contributed by atoms with van der Waals surface area (Å²) in [6.45, 7) is 0.241. The lowest BCUT2D eigenvalue weighted by Gasteiger charge is -2.10. The predicted octanol–water partition coefficient (Wildman–Crippen LogP) is 3.23. The molecule has 1 amide bonds. The fourth-order valence-corrected chi connectivity index (χ4v) is 3.58.